The Kier molecular flexibility index (Phi) is 3.36. The standard InChI is InChI=1S/C17H15N3O/c1-12-17(13(2)21)18-19-20(12)16-10-8-15(9-11-16)14-6-4-3-5-7-14/h3-11H,1-2H3. The molecule has 0 aliphatic heterocycles. The summed E-state index contributed by atoms with van der Waals surface area (Å²) in [6.45, 7) is 3.35. The van der Waals surface area contributed by atoms with E-state index in [0.717, 1.165) is 16.9 Å². The average molecular weight is 277 g/mol. The molecule has 3 aromatic rings. The number of carbonyl (C=O) groups is 1. The van der Waals surface area contributed by atoms with E-state index < -0.39 is 0 Å². The highest BCUT2D eigenvalue weighted by molar-refractivity contribution is 5.93. The SMILES string of the molecule is CC(=O)c1nnn(-c2ccc(-c3ccccc3)cc2)c1C. The van der Waals surface area contributed by atoms with Crippen LogP contribution in [0.2, 0.25) is 0 Å². The van der Waals surface area contributed by atoms with E-state index in [4.69, 9.17) is 0 Å². The van der Waals surface area contributed by atoms with E-state index in [-0.39, 0.29) is 5.78 Å². The summed E-state index contributed by atoms with van der Waals surface area (Å²) < 4.78 is 1.69. The maximum Gasteiger partial charge on any atom is 0.181 e. The van der Waals surface area contributed by atoms with Crippen molar-refractivity contribution >= 4 is 5.78 Å². The number of ketones is 1. The summed E-state index contributed by atoms with van der Waals surface area (Å²) >= 11 is 0. The second-order valence-corrected chi connectivity index (χ2v) is 4.90. The zero-order chi connectivity index (χ0) is 14.8. The molecule has 1 heterocycles. The zero-order valence-corrected chi connectivity index (χ0v) is 11.9. The van der Waals surface area contributed by atoms with Crippen LogP contribution in [0, 0.1) is 6.92 Å². The Morgan fingerprint density at radius 3 is 2.14 bits per heavy atom. The Morgan fingerprint density at radius 2 is 1.57 bits per heavy atom. The number of hydrogen-bond acceptors (Lipinski definition) is 3. The van der Waals surface area contributed by atoms with Crippen LogP contribution >= 0.6 is 0 Å². The Balaban J connectivity index is 1.97. The average Bonchev–Trinajstić information content (AvgIpc) is 2.90. The van der Waals surface area contributed by atoms with E-state index in [1.807, 2.05) is 49.4 Å². The highest BCUT2D eigenvalue weighted by Crippen LogP contribution is 2.21. The van der Waals surface area contributed by atoms with Crippen LogP contribution in [0.4, 0.5) is 0 Å². The van der Waals surface area contributed by atoms with E-state index in [0.29, 0.717) is 5.69 Å². The van der Waals surface area contributed by atoms with Gasteiger partial charge in [0.2, 0.25) is 0 Å². The van der Waals surface area contributed by atoms with Gasteiger partial charge < -0.3 is 0 Å². The van der Waals surface area contributed by atoms with Crippen molar-refractivity contribution in [3.05, 3.63) is 66.0 Å². The molecule has 0 amide bonds. The predicted molar refractivity (Wildman–Crippen MR) is 81.5 cm³/mol. The van der Waals surface area contributed by atoms with Gasteiger partial charge in [-0.15, -0.1) is 5.10 Å². The van der Waals surface area contributed by atoms with Crippen LogP contribution in [-0.4, -0.2) is 20.8 Å². The number of carbonyl (C=O) groups excluding carboxylic acids is 1. The molecule has 21 heavy (non-hydrogen) atoms. The minimum atomic E-state index is -0.0698. The molecular weight excluding hydrogens is 262 g/mol. The fraction of sp³-hybridized carbons (Fsp3) is 0.118. The fourth-order valence-corrected chi connectivity index (χ4v) is 2.33. The molecule has 0 aliphatic rings. The lowest BCUT2D eigenvalue weighted by molar-refractivity contribution is 0.101. The largest absolute Gasteiger partial charge is 0.293 e. The molecule has 0 aliphatic carbocycles. The summed E-state index contributed by atoms with van der Waals surface area (Å²) in [4.78, 5) is 11.4. The summed E-state index contributed by atoms with van der Waals surface area (Å²) in [7, 11) is 0. The Morgan fingerprint density at radius 1 is 0.952 bits per heavy atom. The monoisotopic (exact) mass is 277 g/mol. The summed E-state index contributed by atoms with van der Waals surface area (Å²) in [6.07, 6.45) is 0. The first kappa shape index (κ1) is 13.2. The van der Waals surface area contributed by atoms with Crippen LogP contribution in [0.25, 0.3) is 16.8 Å². The molecule has 3 rings (SSSR count). The minimum Gasteiger partial charge on any atom is -0.293 e. The van der Waals surface area contributed by atoms with Crippen LogP contribution in [0.3, 0.4) is 0 Å². The van der Waals surface area contributed by atoms with E-state index in [1.54, 1.807) is 4.68 Å². The molecule has 0 unspecified atom stereocenters. The van der Waals surface area contributed by atoms with Gasteiger partial charge in [0.25, 0.3) is 0 Å². The van der Waals surface area contributed by atoms with E-state index in [2.05, 4.69) is 22.4 Å². The number of benzene rings is 2. The summed E-state index contributed by atoms with van der Waals surface area (Å²) in [5, 5.41) is 7.99. The van der Waals surface area contributed by atoms with Gasteiger partial charge in [-0.2, -0.15) is 0 Å². The highest BCUT2D eigenvalue weighted by Gasteiger charge is 2.13. The van der Waals surface area contributed by atoms with E-state index >= 15 is 0 Å². The summed E-state index contributed by atoms with van der Waals surface area (Å²) in [5.41, 5.74) is 4.39. The number of hydrogen-bond donors (Lipinski definition) is 0. The van der Waals surface area contributed by atoms with Gasteiger partial charge in [-0.05, 0) is 30.2 Å². The predicted octanol–water partition coefficient (Wildman–Crippen LogP) is 3.45. The third kappa shape index (κ3) is 2.48. The molecule has 0 saturated heterocycles. The van der Waals surface area contributed by atoms with Gasteiger partial charge in [0.05, 0.1) is 11.4 Å². The highest BCUT2D eigenvalue weighted by atomic mass is 16.1. The summed E-state index contributed by atoms with van der Waals surface area (Å²) in [6, 6.07) is 18.2. The van der Waals surface area contributed by atoms with Crippen molar-refractivity contribution < 1.29 is 4.79 Å². The second-order valence-electron chi connectivity index (χ2n) is 4.90. The van der Waals surface area contributed by atoms with Crippen LogP contribution < -0.4 is 0 Å². The van der Waals surface area contributed by atoms with Gasteiger partial charge in [0.15, 0.2) is 11.5 Å². The molecular formula is C17H15N3O. The Bertz CT molecular complexity index is 774. The quantitative estimate of drug-likeness (QED) is 0.689. The normalized spacial score (nSPS) is 10.6. The Labute approximate surface area is 123 Å². The lowest BCUT2D eigenvalue weighted by atomic mass is 10.1. The van der Waals surface area contributed by atoms with Gasteiger partial charge in [-0.25, -0.2) is 4.68 Å². The summed E-state index contributed by atoms with van der Waals surface area (Å²) in [5.74, 6) is -0.0698. The van der Waals surface area contributed by atoms with Crippen molar-refractivity contribution in [2.75, 3.05) is 0 Å². The molecule has 4 nitrogen and oxygen atoms in total. The molecule has 0 N–H and O–H groups in total. The first-order chi connectivity index (χ1) is 10.2. The van der Waals surface area contributed by atoms with Gasteiger partial charge in [-0.1, -0.05) is 47.7 Å². The first-order valence-electron chi connectivity index (χ1n) is 6.76. The topological polar surface area (TPSA) is 47.8 Å². The number of nitrogens with zero attached hydrogens (tertiary/aromatic N) is 3. The molecule has 0 spiro atoms. The lowest BCUT2D eigenvalue weighted by Gasteiger charge is -2.06. The van der Waals surface area contributed by atoms with Crippen LogP contribution in [0.1, 0.15) is 23.1 Å². The van der Waals surface area contributed by atoms with Crippen LogP contribution in [0.5, 0.6) is 0 Å². The molecule has 1 aromatic heterocycles. The number of aromatic nitrogens is 3. The van der Waals surface area contributed by atoms with Crippen molar-refractivity contribution in [2.45, 2.75) is 13.8 Å². The maximum atomic E-state index is 11.4. The minimum absolute atomic E-state index is 0.0698. The van der Waals surface area contributed by atoms with Crippen molar-refractivity contribution in [3.8, 4) is 16.8 Å². The molecule has 0 atom stereocenters. The van der Waals surface area contributed by atoms with Crippen LogP contribution in [0.15, 0.2) is 54.6 Å². The molecule has 0 radical (unpaired) electrons. The number of Topliss-reactive ketones (excluding diaryl/α,β-unsaturated/α-hetero) is 1. The smallest absolute Gasteiger partial charge is 0.181 e. The zero-order valence-electron chi connectivity index (χ0n) is 11.9. The first-order valence-corrected chi connectivity index (χ1v) is 6.76. The van der Waals surface area contributed by atoms with Crippen molar-refractivity contribution in [2.24, 2.45) is 0 Å². The number of rotatable bonds is 3. The van der Waals surface area contributed by atoms with E-state index in [9.17, 15) is 4.79 Å². The van der Waals surface area contributed by atoms with Gasteiger partial charge in [0.1, 0.15) is 0 Å². The van der Waals surface area contributed by atoms with Gasteiger partial charge >= 0.3 is 0 Å². The fourth-order valence-electron chi connectivity index (χ4n) is 2.33. The van der Waals surface area contributed by atoms with Crippen molar-refractivity contribution in [1.82, 2.24) is 15.0 Å². The second kappa shape index (κ2) is 5.32. The lowest BCUT2D eigenvalue weighted by Crippen LogP contribution is -2.01. The van der Waals surface area contributed by atoms with Gasteiger partial charge in [-0.3, -0.25) is 4.79 Å². The third-order valence-corrected chi connectivity index (χ3v) is 3.45. The molecule has 104 valence electrons. The van der Waals surface area contributed by atoms with Crippen molar-refractivity contribution in [1.29, 1.82) is 0 Å². The molecule has 0 saturated carbocycles. The van der Waals surface area contributed by atoms with Crippen molar-refractivity contribution in [3.63, 3.8) is 0 Å². The molecule has 2 aromatic carbocycles. The van der Waals surface area contributed by atoms with E-state index in [1.165, 1.54) is 12.5 Å². The Hall–Kier alpha value is -2.75. The third-order valence-electron chi connectivity index (χ3n) is 3.45. The maximum absolute atomic E-state index is 11.4. The van der Waals surface area contributed by atoms with Gasteiger partial charge in [0, 0.05) is 6.92 Å². The molecule has 0 bridgehead atoms. The molecule has 0 fully saturated rings. The van der Waals surface area contributed by atoms with Crippen LogP contribution in [-0.2, 0) is 0 Å². The molecule has 4 heteroatoms.